The number of anilines is 2. The molecule has 1 amide bonds. The van der Waals surface area contributed by atoms with Gasteiger partial charge in [-0.15, -0.1) is 0 Å². The molecule has 0 bridgehead atoms. The fraction of sp³-hybridized carbons (Fsp3) is 0.320. The van der Waals surface area contributed by atoms with Gasteiger partial charge in [0.1, 0.15) is 0 Å². The monoisotopic (exact) mass is 463 g/mol. The van der Waals surface area contributed by atoms with Gasteiger partial charge in [0, 0.05) is 30.2 Å². The summed E-state index contributed by atoms with van der Waals surface area (Å²) in [6.45, 7) is 3.16. The lowest BCUT2D eigenvalue weighted by Gasteiger charge is -2.40. The Morgan fingerprint density at radius 2 is 1.97 bits per heavy atom. The quantitative estimate of drug-likeness (QED) is 0.591. The van der Waals surface area contributed by atoms with Crippen molar-refractivity contribution in [3.05, 3.63) is 65.3 Å². The van der Waals surface area contributed by atoms with Gasteiger partial charge in [0.05, 0.1) is 40.1 Å². The molecule has 1 saturated heterocycles. The summed E-state index contributed by atoms with van der Waals surface area (Å²) in [6, 6.07) is 15.7. The predicted molar refractivity (Wildman–Crippen MR) is 131 cm³/mol. The summed E-state index contributed by atoms with van der Waals surface area (Å²) < 4.78 is 5.43. The first-order valence-electron chi connectivity index (χ1n) is 11.1. The molecule has 1 fully saturated rings. The molecule has 0 saturated carbocycles. The van der Waals surface area contributed by atoms with Crippen molar-refractivity contribution in [1.29, 1.82) is 0 Å². The van der Waals surface area contributed by atoms with Gasteiger partial charge in [0.2, 0.25) is 5.91 Å². The number of benzene rings is 2. The van der Waals surface area contributed by atoms with Gasteiger partial charge >= 0.3 is 0 Å². The molecule has 3 heterocycles. The molecule has 1 aromatic heterocycles. The normalized spacial score (nSPS) is 21.8. The first kappa shape index (κ1) is 21.7. The van der Waals surface area contributed by atoms with E-state index in [1.807, 2.05) is 55.5 Å². The molecule has 2 aliphatic rings. The van der Waals surface area contributed by atoms with Crippen molar-refractivity contribution in [3.8, 4) is 0 Å². The standard InChI is InChI=1S/C25H26ClN5O2/c1-25(14-22(32)31(24(27)30-25)18-9-11-33-12-10-18)19-6-4-8-21(23(19)26)29-17-13-16-5-2-3-7-20(16)28-15-17/h2-8,13,15,18,29H,9-12,14H2,1H3,(H2,27,30)/t25-/m0/s1. The molecule has 8 heteroatoms. The van der Waals surface area contributed by atoms with Crippen molar-refractivity contribution in [2.75, 3.05) is 18.5 Å². The summed E-state index contributed by atoms with van der Waals surface area (Å²) in [6.07, 6.45) is 3.50. The third-order valence-corrected chi connectivity index (χ3v) is 6.78. The highest BCUT2D eigenvalue weighted by Crippen LogP contribution is 2.41. The molecule has 2 aliphatic heterocycles. The van der Waals surface area contributed by atoms with Crippen LogP contribution in [0.25, 0.3) is 10.9 Å². The van der Waals surface area contributed by atoms with Gasteiger partial charge in [-0.25, -0.2) is 4.99 Å². The largest absolute Gasteiger partial charge is 0.381 e. The van der Waals surface area contributed by atoms with Crippen LogP contribution in [0.1, 0.15) is 31.7 Å². The molecule has 1 atom stereocenters. The highest BCUT2D eigenvalue weighted by Gasteiger charge is 2.41. The number of nitrogens with one attached hydrogen (secondary N) is 1. The van der Waals surface area contributed by atoms with Crippen LogP contribution in [0.4, 0.5) is 11.4 Å². The number of nitrogens with zero attached hydrogens (tertiary/aromatic N) is 3. The van der Waals surface area contributed by atoms with Crippen LogP contribution in [0.15, 0.2) is 59.7 Å². The Morgan fingerprint density at radius 3 is 2.76 bits per heavy atom. The van der Waals surface area contributed by atoms with E-state index >= 15 is 0 Å². The van der Waals surface area contributed by atoms with Crippen LogP contribution in [-0.2, 0) is 15.1 Å². The van der Waals surface area contributed by atoms with E-state index < -0.39 is 5.54 Å². The third-order valence-electron chi connectivity index (χ3n) is 6.38. The highest BCUT2D eigenvalue weighted by atomic mass is 35.5. The zero-order valence-electron chi connectivity index (χ0n) is 18.4. The summed E-state index contributed by atoms with van der Waals surface area (Å²) >= 11 is 6.85. The summed E-state index contributed by atoms with van der Waals surface area (Å²) in [5.41, 5.74) is 8.71. The van der Waals surface area contributed by atoms with Crippen molar-refractivity contribution < 1.29 is 9.53 Å². The van der Waals surface area contributed by atoms with E-state index in [0.29, 0.717) is 18.2 Å². The molecule has 2 aromatic carbocycles. The minimum atomic E-state index is -0.848. The molecule has 170 valence electrons. The van der Waals surface area contributed by atoms with E-state index in [4.69, 9.17) is 27.1 Å². The van der Waals surface area contributed by atoms with Gasteiger partial charge in [-0.2, -0.15) is 0 Å². The number of aliphatic imine (C=N–C) groups is 1. The Morgan fingerprint density at radius 1 is 1.18 bits per heavy atom. The van der Waals surface area contributed by atoms with Gasteiger partial charge in [0.15, 0.2) is 5.96 Å². The van der Waals surface area contributed by atoms with E-state index in [1.165, 1.54) is 0 Å². The van der Waals surface area contributed by atoms with Gasteiger partial charge < -0.3 is 15.8 Å². The Bertz CT molecular complexity index is 1240. The Kier molecular flexibility index (Phi) is 5.68. The number of nitrogens with two attached hydrogens (primary N) is 1. The van der Waals surface area contributed by atoms with Crippen molar-refractivity contribution in [2.24, 2.45) is 10.7 Å². The first-order valence-corrected chi connectivity index (χ1v) is 11.5. The fourth-order valence-electron chi connectivity index (χ4n) is 4.68. The van der Waals surface area contributed by atoms with Gasteiger partial charge in [-0.1, -0.05) is 41.9 Å². The second-order valence-corrected chi connectivity index (χ2v) is 9.11. The van der Waals surface area contributed by atoms with E-state index in [2.05, 4.69) is 10.3 Å². The molecular weight excluding hydrogens is 438 g/mol. The maximum Gasteiger partial charge on any atom is 0.232 e. The number of carbonyl (C=O) groups excluding carboxylic acids is 1. The van der Waals surface area contributed by atoms with Crippen molar-refractivity contribution in [1.82, 2.24) is 9.88 Å². The van der Waals surface area contributed by atoms with Crippen molar-refractivity contribution in [2.45, 2.75) is 37.8 Å². The van der Waals surface area contributed by atoms with E-state index in [1.54, 1.807) is 11.1 Å². The fourth-order valence-corrected chi connectivity index (χ4v) is 5.06. The number of hydrogen-bond acceptors (Lipinski definition) is 6. The van der Waals surface area contributed by atoms with Gasteiger partial charge in [-0.05, 0) is 38.0 Å². The third kappa shape index (κ3) is 4.14. The number of guanidine groups is 1. The summed E-state index contributed by atoms with van der Waals surface area (Å²) in [5, 5.41) is 4.90. The maximum atomic E-state index is 13.2. The zero-order valence-corrected chi connectivity index (χ0v) is 19.2. The Hall–Kier alpha value is -3.16. The summed E-state index contributed by atoms with van der Waals surface area (Å²) in [5.74, 6) is 0.207. The van der Waals surface area contributed by atoms with Gasteiger partial charge in [0.25, 0.3) is 0 Å². The number of halogens is 1. The number of carbonyl (C=O) groups is 1. The number of rotatable bonds is 4. The molecule has 5 rings (SSSR count). The van der Waals surface area contributed by atoms with Crippen LogP contribution in [0, 0.1) is 0 Å². The SMILES string of the molecule is C[C@@]1(c2cccc(Nc3cnc4ccccc4c3)c2Cl)CC(=O)N(C2CCOCC2)C(N)=N1. The number of hydrogen-bond donors (Lipinski definition) is 2. The maximum absolute atomic E-state index is 13.2. The van der Waals surface area contributed by atoms with Crippen LogP contribution in [0.5, 0.6) is 0 Å². The van der Waals surface area contributed by atoms with Crippen LogP contribution in [0.2, 0.25) is 5.02 Å². The zero-order chi connectivity index (χ0) is 23.0. The van der Waals surface area contributed by atoms with Crippen molar-refractivity contribution in [3.63, 3.8) is 0 Å². The van der Waals surface area contributed by atoms with Crippen LogP contribution in [-0.4, -0.2) is 41.0 Å². The van der Waals surface area contributed by atoms with Gasteiger partial charge in [-0.3, -0.25) is 14.7 Å². The second-order valence-electron chi connectivity index (χ2n) is 8.74. The molecule has 3 N–H and O–H groups in total. The minimum absolute atomic E-state index is 0.0310. The lowest BCUT2D eigenvalue weighted by Crippen LogP contribution is -2.55. The lowest BCUT2D eigenvalue weighted by atomic mass is 9.86. The van der Waals surface area contributed by atoms with Crippen LogP contribution >= 0.6 is 11.6 Å². The predicted octanol–water partition coefficient (Wildman–Crippen LogP) is 4.57. The molecule has 0 spiro atoms. The number of fused-ring (bicyclic) bond motifs is 1. The van der Waals surface area contributed by atoms with E-state index in [9.17, 15) is 4.79 Å². The Labute approximate surface area is 197 Å². The molecule has 33 heavy (non-hydrogen) atoms. The average Bonchev–Trinajstić information content (AvgIpc) is 2.80. The first-order chi connectivity index (χ1) is 15.9. The average molecular weight is 464 g/mol. The molecule has 0 radical (unpaired) electrons. The molecule has 0 aliphatic carbocycles. The Balaban J connectivity index is 1.45. The lowest BCUT2D eigenvalue weighted by molar-refractivity contribution is -0.132. The number of para-hydroxylation sites is 1. The van der Waals surface area contributed by atoms with Crippen LogP contribution < -0.4 is 11.1 Å². The molecular formula is C25H26ClN5O2. The smallest absolute Gasteiger partial charge is 0.232 e. The summed E-state index contributed by atoms with van der Waals surface area (Å²) in [4.78, 5) is 24.1. The second kappa shape index (κ2) is 8.65. The van der Waals surface area contributed by atoms with Crippen LogP contribution in [0.3, 0.4) is 0 Å². The topological polar surface area (TPSA) is 92.8 Å². The summed E-state index contributed by atoms with van der Waals surface area (Å²) in [7, 11) is 0. The van der Waals surface area contributed by atoms with Crippen molar-refractivity contribution >= 4 is 45.7 Å². The molecule has 3 aromatic rings. The molecule has 0 unspecified atom stereocenters. The van der Waals surface area contributed by atoms with E-state index in [-0.39, 0.29) is 24.3 Å². The number of amides is 1. The number of ether oxygens (including phenoxy) is 1. The number of aromatic nitrogens is 1. The number of pyridine rings is 1. The highest BCUT2D eigenvalue weighted by molar-refractivity contribution is 6.34. The van der Waals surface area contributed by atoms with E-state index in [0.717, 1.165) is 40.7 Å². The minimum Gasteiger partial charge on any atom is -0.381 e. The molecule has 7 nitrogen and oxygen atoms in total.